The number of rotatable bonds is 6. The molecule has 1 aromatic heterocycles. The van der Waals surface area contributed by atoms with Crippen LogP contribution in [0.4, 0.5) is 11.4 Å². The van der Waals surface area contributed by atoms with Crippen molar-refractivity contribution in [3.05, 3.63) is 78.9 Å². The summed E-state index contributed by atoms with van der Waals surface area (Å²) in [6, 6.07) is 24.7. The number of anilines is 2. The van der Waals surface area contributed by atoms with Gasteiger partial charge in [0.25, 0.3) is 0 Å². The van der Waals surface area contributed by atoms with E-state index in [1.807, 2.05) is 85.8 Å². The molecule has 0 saturated carbocycles. The van der Waals surface area contributed by atoms with Crippen LogP contribution >= 0.6 is 0 Å². The number of hydrogen-bond donors (Lipinski definition) is 2. The molecule has 5 nitrogen and oxygen atoms in total. The fraction of sp³-hybridized carbons (Fsp3) is 0.125. The van der Waals surface area contributed by atoms with Crippen molar-refractivity contribution in [1.82, 2.24) is 0 Å². The predicted molar refractivity (Wildman–Crippen MR) is 116 cm³/mol. The van der Waals surface area contributed by atoms with E-state index in [4.69, 9.17) is 9.15 Å². The summed E-state index contributed by atoms with van der Waals surface area (Å²) in [6.45, 7) is 1.82. The minimum absolute atomic E-state index is 0.143. The standard InChI is InChI=1S/C24H22N2O3/c1-16(24(27)26-20-8-4-6-10-22(20)28-2)25-19-13-11-17(12-14-19)23-15-18-7-3-5-9-21(18)29-23/h3-16,25H,1-2H3,(H,26,27)/t16-/m0/s1. The Morgan fingerprint density at radius 1 is 0.966 bits per heavy atom. The second-order valence-electron chi connectivity index (χ2n) is 6.78. The van der Waals surface area contributed by atoms with Gasteiger partial charge in [0.15, 0.2) is 0 Å². The molecule has 29 heavy (non-hydrogen) atoms. The lowest BCUT2D eigenvalue weighted by atomic mass is 10.1. The minimum Gasteiger partial charge on any atom is -0.495 e. The normalized spacial score (nSPS) is 11.8. The molecule has 0 unspecified atom stereocenters. The Hall–Kier alpha value is -3.73. The van der Waals surface area contributed by atoms with Gasteiger partial charge in [-0.05, 0) is 55.5 Å². The summed E-state index contributed by atoms with van der Waals surface area (Å²) in [4.78, 5) is 12.5. The van der Waals surface area contributed by atoms with Gasteiger partial charge < -0.3 is 19.8 Å². The van der Waals surface area contributed by atoms with Crippen LogP contribution in [0.25, 0.3) is 22.3 Å². The van der Waals surface area contributed by atoms with E-state index in [0.717, 1.165) is 28.0 Å². The zero-order chi connectivity index (χ0) is 20.2. The summed E-state index contributed by atoms with van der Waals surface area (Å²) >= 11 is 0. The molecule has 0 aliphatic heterocycles. The Balaban J connectivity index is 1.43. The second kappa shape index (κ2) is 8.10. The highest BCUT2D eigenvalue weighted by molar-refractivity contribution is 5.97. The van der Waals surface area contributed by atoms with Crippen LogP contribution in [0, 0.1) is 0 Å². The molecule has 0 fully saturated rings. The van der Waals surface area contributed by atoms with E-state index in [2.05, 4.69) is 10.6 Å². The number of methoxy groups -OCH3 is 1. The smallest absolute Gasteiger partial charge is 0.246 e. The Labute approximate surface area is 169 Å². The maximum atomic E-state index is 12.5. The van der Waals surface area contributed by atoms with Gasteiger partial charge in [-0.25, -0.2) is 0 Å². The average Bonchev–Trinajstić information content (AvgIpc) is 3.19. The number of carbonyl (C=O) groups is 1. The SMILES string of the molecule is COc1ccccc1NC(=O)[C@H](C)Nc1ccc(-c2cc3ccccc3o2)cc1. The van der Waals surface area contributed by atoms with Gasteiger partial charge in [-0.15, -0.1) is 0 Å². The van der Waals surface area contributed by atoms with Crippen LogP contribution in [0.5, 0.6) is 5.75 Å². The predicted octanol–water partition coefficient (Wildman–Crippen LogP) is 5.55. The highest BCUT2D eigenvalue weighted by atomic mass is 16.5. The van der Waals surface area contributed by atoms with Gasteiger partial charge in [-0.2, -0.15) is 0 Å². The lowest BCUT2D eigenvalue weighted by Crippen LogP contribution is -2.31. The van der Waals surface area contributed by atoms with E-state index < -0.39 is 6.04 Å². The monoisotopic (exact) mass is 386 g/mol. The first kappa shape index (κ1) is 18.6. The zero-order valence-corrected chi connectivity index (χ0v) is 16.3. The van der Waals surface area contributed by atoms with Crippen LogP contribution in [0.2, 0.25) is 0 Å². The molecule has 0 aliphatic carbocycles. The van der Waals surface area contributed by atoms with Gasteiger partial charge in [-0.3, -0.25) is 4.79 Å². The lowest BCUT2D eigenvalue weighted by molar-refractivity contribution is -0.116. The van der Waals surface area contributed by atoms with Crippen molar-refractivity contribution >= 4 is 28.3 Å². The molecule has 4 aromatic rings. The van der Waals surface area contributed by atoms with E-state index in [-0.39, 0.29) is 5.91 Å². The molecule has 0 aliphatic rings. The first-order valence-electron chi connectivity index (χ1n) is 9.43. The molecule has 0 saturated heterocycles. The first-order chi connectivity index (χ1) is 14.1. The van der Waals surface area contributed by atoms with Crippen LogP contribution < -0.4 is 15.4 Å². The third-order valence-corrected chi connectivity index (χ3v) is 4.74. The molecule has 3 aromatic carbocycles. The summed E-state index contributed by atoms with van der Waals surface area (Å²) in [5.74, 6) is 1.30. The Kier molecular flexibility index (Phi) is 5.20. The van der Waals surface area contributed by atoms with Crippen LogP contribution in [-0.4, -0.2) is 19.1 Å². The van der Waals surface area contributed by atoms with Crippen LogP contribution in [0.15, 0.2) is 83.3 Å². The highest BCUT2D eigenvalue weighted by Crippen LogP contribution is 2.28. The van der Waals surface area contributed by atoms with Crippen LogP contribution in [0.1, 0.15) is 6.92 Å². The fourth-order valence-electron chi connectivity index (χ4n) is 3.16. The van der Waals surface area contributed by atoms with Gasteiger partial charge in [0.1, 0.15) is 23.1 Å². The molecular weight excluding hydrogens is 364 g/mol. The minimum atomic E-state index is -0.419. The van der Waals surface area contributed by atoms with Gasteiger partial charge in [0.2, 0.25) is 5.91 Å². The molecule has 1 atom stereocenters. The number of furan rings is 1. The van der Waals surface area contributed by atoms with Gasteiger partial charge in [-0.1, -0.05) is 30.3 Å². The Bertz CT molecular complexity index is 1100. The largest absolute Gasteiger partial charge is 0.495 e. The number of nitrogens with one attached hydrogen (secondary N) is 2. The quantitative estimate of drug-likeness (QED) is 0.456. The number of amides is 1. The third-order valence-electron chi connectivity index (χ3n) is 4.74. The average molecular weight is 386 g/mol. The summed E-state index contributed by atoms with van der Waals surface area (Å²) < 4.78 is 11.2. The molecule has 4 rings (SSSR count). The molecule has 2 N–H and O–H groups in total. The topological polar surface area (TPSA) is 63.5 Å². The number of carbonyl (C=O) groups excluding carboxylic acids is 1. The molecule has 146 valence electrons. The summed E-state index contributed by atoms with van der Waals surface area (Å²) in [5.41, 5.74) is 3.35. The molecule has 1 heterocycles. The number of ether oxygens (including phenoxy) is 1. The number of hydrogen-bond acceptors (Lipinski definition) is 4. The molecule has 1 amide bonds. The van der Waals surface area contributed by atoms with Crippen molar-refractivity contribution in [1.29, 1.82) is 0 Å². The van der Waals surface area contributed by atoms with Gasteiger partial charge in [0, 0.05) is 16.6 Å². The molecule has 0 spiro atoms. The second-order valence-corrected chi connectivity index (χ2v) is 6.78. The van der Waals surface area contributed by atoms with Gasteiger partial charge >= 0.3 is 0 Å². The summed E-state index contributed by atoms with van der Waals surface area (Å²) in [5, 5.41) is 7.19. The zero-order valence-electron chi connectivity index (χ0n) is 16.3. The lowest BCUT2D eigenvalue weighted by Gasteiger charge is -2.16. The number of benzene rings is 3. The first-order valence-corrected chi connectivity index (χ1v) is 9.43. The Morgan fingerprint density at radius 3 is 2.45 bits per heavy atom. The van der Waals surface area contributed by atoms with Crippen LogP contribution in [0.3, 0.4) is 0 Å². The number of para-hydroxylation sites is 3. The van der Waals surface area contributed by atoms with Crippen molar-refractivity contribution in [2.24, 2.45) is 0 Å². The summed E-state index contributed by atoms with van der Waals surface area (Å²) in [7, 11) is 1.58. The van der Waals surface area contributed by atoms with Crippen molar-refractivity contribution in [3.8, 4) is 17.1 Å². The van der Waals surface area contributed by atoms with Crippen molar-refractivity contribution < 1.29 is 13.9 Å². The Morgan fingerprint density at radius 2 is 1.69 bits per heavy atom. The molecule has 0 radical (unpaired) electrons. The molecular formula is C24H22N2O3. The maximum absolute atomic E-state index is 12.5. The van der Waals surface area contributed by atoms with Crippen LogP contribution in [-0.2, 0) is 4.79 Å². The highest BCUT2D eigenvalue weighted by Gasteiger charge is 2.15. The van der Waals surface area contributed by atoms with Gasteiger partial charge in [0.05, 0.1) is 12.8 Å². The van der Waals surface area contributed by atoms with E-state index in [0.29, 0.717) is 11.4 Å². The van der Waals surface area contributed by atoms with Crippen molar-refractivity contribution in [2.75, 3.05) is 17.7 Å². The maximum Gasteiger partial charge on any atom is 0.246 e. The van der Waals surface area contributed by atoms with E-state index in [9.17, 15) is 4.79 Å². The van der Waals surface area contributed by atoms with E-state index >= 15 is 0 Å². The van der Waals surface area contributed by atoms with E-state index in [1.54, 1.807) is 7.11 Å². The third kappa shape index (κ3) is 4.09. The molecule has 0 bridgehead atoms. The number of fused-ring (bicyclic) bond motifs is 1. The fourth-order valence-corrected chi connectivity index (χ4v) is 3.16. The van der Waals surface area contributed by atoms with E-state index in [1.165, 1.54) is 0 Å². The van der Waals surface area contributed by atoms with Crippen molar-refractivity contribution in [2.45, 2.75) is 13.0 Å². The summed E-state index contributed by atoms with van der Waals surface area (Å²) in [6.07, 6.45) is 0. The molecule has 5 heteroatoms. The van der Waals surface area contributed by atoms with Crippen molar-refractivity contribution in [3.63, 3.8) is 0 Å².